The number of carbonyl (C=O) groups excluding carboxylic acids is 1. The molecule has 27 heavy (non-hydrogen) atoms. The summed E-state index contributed by atoms with van der Waals surface area (Å²) in [7, 11) is 3.15. The van der Waals surface area contributed by atoms with E-state index in [-0.39, 0.29) is 12.3 Å². The van der Waals surface area contributed by atoms with E-state index in [0.29, 0.717) is 17.2 Å². The van der Waals surface area contributed by atoms with E-state index in [2.05, 4.69) is 10.5 Å². The summed E-state index contributed by atoms with van der Waals surface area (Å²) in [5, 5.41) is 0. The second-order valence-corrected chi connectivity index (χ2v) is 5.68. The lowest BCUT2D eigenvalue weighted by Crippen LogP contribution is -2.24. The monoisotopic (exact) mass is 364 g/mol. The van der Waals surface area contributed by atoms with Gasteiger partial charge in [0, 0.05) is 5.56 Å². The van der Waals surface area contributed by atoms with Crippen molar-refractivity contribution in [1.29, 1.82) is 0 Å². The van der Waals surface area contributed by atoms with Crippen molar-refractivity contribution in [2.45, 2.75) is 6.61 Å². The van der Waals surface area contributed by atoms with Crippen molar-refractivity contribution in [1.82, 2.24) is 10.5 Å². The molecule has 0 unspecified atom stereocenters. The molecule has 3 aromatic rings. The van der Waals surface area contributed by atoms with Crippen LogP contribution in [0, 0.1) is 0 Å². The number of hydrogen-bond acceptors (Lipinski definition) is 5. The molecule has 2 aromatic carbocycles. The molecule has 0 aliphatic rings. The molecule has 138 valence electrons. The second-order valence-electron chi connectivity index (χ2n) is 5.68. The summed E-state index contributed by atoms with van der Waals surface area (Å²) in [6, 6.07) is 20.3. The summed E-state index contributed by atoms with van der Waals surface area (Å²) >= 11 is 0. The highest BCUT2D eigenvalue weighted by molar-refractivity contribution is 5.92. The number of nitrogens with one attached hydrogen (secondary N) is 1. The highest BCUT2D eigenvalue weighted by Crippen LogP contribution is 2.31. The number of methoxy groups -OCH3 is 2. The number of benzene rings is 2. The summed E-state index contributed by atoms with van der Waals surface area (Å²) in [6.07, 6.45) is 0. The van der Waals surface area contributed by atoms with Crippen LogP contribution in [-0.4, -0.2) is 25.1 Å². The third-order valence-electron chi connectivity index (χ3n) is 3.91. The minimum Gasteiger partial charge on any atom is -0.493 e. The van der Waals surface area contributed by atoms with Gasteiger partial charge in [0.15, 0.2) is 11.5 Å². The van der Waals surface area contributed by atoms with Crippen molar-refractivity contribution >= 4 is 5.91 Å². The Morgan fingerprint density at radius 2 is 1.70 bits per heavy atom. The molecule has 0 fully saturated rings. The van der Waals surface area contributed by atoms with Crippen LogP contribution in [0.4, 0.5) is 0 Å². The zero-order valence-corrected chi connectivity index (χ0v) is 15.1. The standard InChI is InChI=1S/C21H20N2O4/c1-25-19-12-11-16(13-20(19)26-2)17-9-6-10-18(22-17)21(24)23-27-14-15-7-4-3-5-8-15/h3-13H,14H2,1-2H3,(H,23,24). The zero-order valence-electron chi connectivity index (χ0n) is 15.1. The predicted octanol–water partition coefficient (Wildman–Crippen LogP) is 3.63. The van der Waals surface area contributed by atoms with Gasteiger partial charge < -0.3 is 9.47 Å². The van der Waals surface area contributed by atoms with E-state index in [0.717, 1.165) is 11.1 Å². The lowest BCUT2D eigenvalue weighted by Gasteiger charge is -2.10. The van der Waals surface area contributed by atoms with Crippen LogP contribution in [0.25, 0.3) is 11.3 Å². The maximum Gasteiger partial charge on any atom is 0.293 e. The number of hydrogen-bond donors (Lipinski definition) is 1. The van der Waals surface area contributed by atoms with Crippen LogP contribution in [0.3, 0.4) is 0 Å². The Morgan fingerprint density at radius 3 is 2.44 bits per heavy atom. The quantitative estimate of drug-likeness (QED) is 0.649. The van der Waals surface area contributed by atoms with Crippen LogP contribution < -0.4 is 15.0 Å². The third kappa shape index (κ3) is 4.62. The number of nitrogens with zero attached hydrogens (tertiary/aromatic N) is 1. The molecular weight excluding hydrogens is 344 g/mol. The summed E-state index contributed by atoms with van der Waals surface area (Å²) < 4.78 is 10.6. The van der Waals surface area contributed by atoms with Crippen LogP contribution in [0.5, 0.6) is 11.5 Å². The molecule has 0 aliphatic carbocycles. The van der Waals surface area contributed by atoms with E-state index >= 15 is 0 Å². The number of rotatable bonds is 7. The van der Waals surface area contributed by atoms with Gasteiger partial charge in [0.25, 0.3) is 5.91 Å². The van der Waals surface area contributed by atoms with Gasteiger partial charge in [-0.15, -0.1) is 0 Å². The zero-order chi connectivity index (χ0) is 19.1. The van der Waals surface area contributed by atoms with E-state index in [9.17, 15) is 4.79 Å². The molecule has 0 atom stereocenters. The van der Waals surface area contributed by atoms with Crippen molar-refractivity contribution in [3.05, 3.63) is 78.0 Å². The number of pyridine rings is 1. The van der Waals surface area contributed by atoms with E-state index in [1.165, 1.54) is 0 Å². The molecule has 0 spiro atoms. The van der Waals surface area contributed by atoms with Crippen molar-refractivity contribution in [2.24, 2.45) is 0 Å². The second kappa shape index (κ2) is 8.82. The molecular formula is C21H20N2O4. The summed E-state index contributed by atoms with van der Waals surface area (Å²) in [4.78, 5) is 22.0. The summed E-state index contributed by atoms with van der Waals surface area (Å²) in [5.41, 5.74) is 5.10. The molecule has 3 rings (SSSR count). The topological polar surface area (TPSA) is 69.7 Å². The van der Waals surface area contributed by atoms with Crippen LogP contribution >= 0.6 is 0 Å². The Hall–Kier alpha value is -3.38. The van der Waals surface area contributed by atoms with Gasteiger partial charge in [-0.1, -0.05) is 36.4 Å². The van der Waals surface area contributed by atoms with E-state index in [1.807, 2.05) is 48.5 Å². The maximum absolute atomic E-state index is 12.3. The number of carbonyl (C=O) groups is 1. The first kappa shape index (κ1) is 18.4. The minimum atomic E-state index is -0.409. The first-order valence-electron chi connectivity index (χ1n) is 8.37. The van der Waals surface area contributed by atoms with E-state index < -0.39 is 5.91 Å². The van der Waals surface area contributed by atoms with Gasteiger partial charge in [0.2, 0.25) is 0 Å². The maximum atomic E-state index is 12.3. The molecule has 1 N–H and O–H groups in total. The molecule has 0 aliphatic heterocycles. The Morgan fingerprint density at radius 1 is 0.926 bits per heavy atom. The van der Waals surface area contributed by atoms with Crippen LogP contribution in [-0.2, 0) is 11.4 Å². The normalized spacial score (nSPS) is 10.3. The van der Waals surface area contributed by atoms with Crippen LogP contribution in [0.15, 0.2) is 66.7 Å². The first-order valence-corrected chi connectivity index (χ1v) is 8.37. The minimum absolute atomic E-state index is 0.260. The average molecular weight is 364 g/mol. The van der Waals surface area contributed by atoms with Crippen molar-refractivity contribution in [2.75, 3.05) is 14.2 Å². The first-order chi connectivity index (χ1) is 13.2. The Kier molecular flexibility index (Phi) is 6.02. The number of aromatic nitrogens is 1. The number of amides is 1. The van der Waals surface area contributed by atoms with Crippen LogP contribution in [0.2, 0.25) is 0 Å². The molecule has 1 heterocycles. The smallest absolute Gasteiger partial charge is 0.293 e. The molecule has 0 bridgehead atoms. The summed E-state index contributed by atoms with van der Waals surface area (Å²) in [6.45, 7) is 0.280. The third-order valence-corrected chi connectivity index (χ3v) is 3.91. The molecule has 0 saturated heterocycles. The van der Waals surface area contributed by atoms with Gasteiger partial charge in [0.1, 0.15) is 5.69 Å². The highest BCUT2D eigenvalue weighted by atomic mass is 16.6. The van der Waals surface area contributed by atoms with Crippen molar-refractivity contribution in [3.63, 3.8) is 0 Å². The largest absolute Gasteiger partial charge is 0.493 e. The van der Waals surface area contributed by atoms with E-state index in [1.54, 1.807) is 32.4 Å². The molecule has 6 heteroatoms. The average Bonchev–Trinajstić information content (AvgIpc) is 2.74. The predicted molar refractivity (Wildman–Crippen MR) is 101 cm³/mol. The molecule has 1 amide bonds. The van der Waals surface area contributed by atoms with E-state index in [4.69, 9.17) is 14.3 Å². The molecule has 0 radical (unpaired) electrons. The SMILES string of the molecule is COc1ccc(-c2cccc(C(=O)NOCc3ccccc3)n2)cc1OC. The number of ether oxygens (including phenoxy) is 2. The molecule has 1 aromatic heterocycles. The lowest BCUT2D eigenvalue weighted by atomic mass is 10.1. The Labute approximate surface area is 157 Å². The van der Waals surface area contributed by atoms with Crippen LogP contribution in [0.1, 0.15) is 16.1 Å². The molecule has 0 saturated carbocycles. The highest BCUT2D eigenvalue weighted by Gasteiger charge is 2.11. The Bertz CT molecular complexity index is 913. The fraction of sp³-hybridized carbons (Fsp3) is 0.143. The fourth-order valence-electron chi connectivity index (χ4n) is 2.53. The van der Waals surface area contributed by atoms with Gasteiger partial charge in [-0.05, 0) is 35.9 Å². The summed E-state index contributed by atoms with van der Waals surface area (Å²) in [5.74, 6) is 0.815. The van der Waals surface area contributed by atoms with Gasteiger partial charge in [0.05, 0.1) is 26.5 Å². The molecule has 6 nitrogen and oxygen atoms in total. The van der Waals surface area contributed by atoms with Gasteiger partial charge >= 0.3 is 0 Å². The fourth-order valence-corrected chi connectivity index (χ4v) is 2.53. The van der Waals surface area contributed by atoms with Crippen molar-refractivity contribution in [3.8, 4) is 22.8 Å². The van der Waals surface area contributed by atoms with Gasteiger partial charge in [-0.25, -0.2) is 10.5 Å². The lowest BCUT2D eigenvalue weighted by molar-refractivity contribution is 0.0229. The van der Waals surface area contributed by atoms with Gasteiger partial charge in [-0.2, -0.15) is 0 Å². The van der Waals surface area contributed by atoms with Gasteiger partial charge in [-0.3, -0.25) is 9.63 Å². The number of hydroxylamine groups is 1. The Balaban J connectivity index is 1.70. The van der Waals surface area contributed by atoms with Crippen molar-refractivity contribution < 1.29 is 19.1 Å².